The molecular weight excluding hydrogens is 368 g/mol. The monoisotopic (exact) mass is 386 g/mol. The molecule has 0 aromatic heterocycles. The van der Waals surface area contributed by atoms with E-state index in [4.69, 9.17) is 9.47 Å². The van der Waals surface area contributed by atoms with Gasteiger partial charge in [-0.05, 0) is 48.5 Å². The van der Waals surface area contributed by atoms with Crippen molar-refractivity contribution in [1.82, 2.24) is 0 Å². The van der Waals surface area contributed by atoms with Crippen molar-refractivity contribution < 1.29 is 38.1 Å². The molecule has 0 bridgehead atoms. The van der Waals surface area contributed by atoms with Crippen LogP contribution in [0.15, 0.2) is 48.5 Å². The summed E-state index contributed by atoms with van der Waals surface area (Å²) in [5.74, 6) is -2.42. The molecule has 2 aromatic carbocycles. The zero-order valence-corrected chi connectivity index (χ0v) is 15.3. The first-order valence-corrected chi connectivity index (χ1v) is 8.21. The summed E-state index contributed by atoms with van der Waals surface area (Å²) >= 11 is 0. The van der Waals surface area contributed by atoms with Gasteiger partial charge in [-0.2, -0.15) is 0 Å². The van der Waals surface area contributed by atoms with Gasteiger partial charge in [0.15, 0.2) is 0 Å². The Balaban J connectivity index is 1.78. The summed E-state index contributed by atoms with van der Waals surface area (Å²) in [5, 5.41) is 0. The number of hydrogen-bond donors (Lipinski definition) is 0. The lowest BCUT2D eigenvalue weighted by Gasteiger charge is -2.05. The maximum Gasteiger partial charge on any atom is 0.345 e. The molecule has 2 rings (SSSR count). The third kappa shape index (κ3) is 5.94. The van der Waals surface area contributed by atoms with E-state index in [1.54, 1.807) is 24.3 Å². The van der Waals surface area contributed by atoms with Crippen molar-refractivity contribution in [2.45, 2.75) is 12.8 Å². The maximum absolute atomic E-state index is 11.9. The molecular formula is C20H18O8. The second-order valence-corrected chi connectivity index (χ2v) is 5.48. The van der Waals surface area contributed by atoms with E-state index in [9.17, 15) is 19.2 Å². The van der Waals surface area contributed by atoms with Crippen LogP contribution in [0, 0.1) is 0 Å². The second kappa shape index (κ2) is 9.86. The van der Waals surface area contributed by atoms with Crippen LogP contribution in [0.3, 0.4) is 0 Å². The number of ether oxygens (including phenoxy) is 4. The van der Waals surface area contributed by atoms with Gasteiger partial charge in [0.1, 0.15) is 11.5 Å². The van der Waals surface area contributed by atoms with Crippen LogP contribution < -0.4 is 9.47 Å². The highest BCUT2D eigenvalue weighted by molar-refractivity contribution is 5.99. The minimum absolute atomic E-state index is 0.159. The summed E-state index contributed by atoms with van der Waals surface area (Å²) < 4.78 is 19.2. The average Bonchev–Trinajstić information content (AvgIpc) is 2.72. The SMILES string of the molecule is COc1ccc(C(=O)OC(=O)CCC(=O)OC(=O)c2ccc(OC)cc2)cc1. The number of carbonyl (C=O) groups excluding carboxylic acids is 4. The van der Waals surface area contributed by atoms with E-state index in [0.717, 1.165) is 0 Å². The van der Waals surface area contributed by atoms with Gasteiger partial charge in [-0.15, -0.1) is 0 Å². The molecule has 0 aliphatic rings. The van der Waals surface area contributed by atoms with E-state index in [-0.39, 0.29) is 11.1 Å². The van der Waals surface area contributed by atoms with Crippen LogP contribution in [0.5, 0.6) is 11.5 Å². The first-order valence-electron chi connectivity index (χ1n) is 8.21. The lowest BCUT2D eigenvalue weighted by molar-refractivity contribution is -0.144. The highest BCUT2D eigenvalue weighted by Gasteiger charge is 2.17. The zero-order valence-electron chi connectivity index (χ0n) is 15.3. The fourth-order valence-corrected chi connectivity index (χ4v) is 2.09. The molecule has 0 fully saturated rings. The van der Waals surface area contributed by atoms with Gasteiger partial charge in [0, 0.05) is 0 Å². The molecule has 0 unspecified atom stereocenters. The highest BCUT2D eigenvalue weighted by Crippen LogP contribution is 2.14. The van der Waals surface area contributed by atoms with Crippen LogP contribution in [0.4, 0.5) is 0 Å². The molecule has 0 radical (unpaired) electrons. The van der Waals surface area contributed by atoms with E-state index in [2.05, 4.69) is 9.47 Å². The first kappa shape index (κ1) is 20.6. The molecule has 8 nitrogen and oxygen atoms in total. The van der Waals surface area contributed by atoms with Crippen molar-refractivity contribution in [2.24, 2.45) is 0 Å². The Morgan fingerprint density at radius 3 is 1.21 bits per heavy atom. The van der Waals surface area contributed by atoms with E-state index in [0.29, 0.717) is 11.5 Å². The van der Waals surface area contributed by atoms with E-state index in [1.807, 2.05) is 0 Å². The number of hydrogen-bond acceptors (Lipinski definition) is 8. The Morgan fingerprint density at radius 2 is 0.929 bits per heavy atom. The van der Waals surface area contributed by atoms with Crippen LogP contribution in [0.1, 0.15) is 33.6 Å². The standard InChI is InChI=1S/C20H18O8/c1-25-15-7-3-13(4-8-15)19(23)27-17(21)11-12-18(22)28-20(24)14-5-9-16(26-2)10-6-14/h3-10H,11-12H2,1-2H3. The summed E-state index contributed by atoms with van der Waals surface area (Å²) in [6.45, 7) is 0. The minimum Gasteiger partial charge on any atom is -0.497 e. The predicted molar refractivity (Wildman–Crippen MR) is 96.1 cm³/mol. The number of rotatable bonds is 7. The molecule has 0 aliphatic heterocycles. The molecule has 0 spiro atoms. The van der Waals surface area contributed by atoms with E-state index < -0.39 is 36.7 Å². The summed E-state index contributed by atoms with van der Waals surface area (Å²) in [4.78, 5) is 47.1. The van der Waals surface area contributed by atoms with Crippen molar-refractivity contribution in [3.05, 3.63) is 59.7 Å². The number of esters is 4. The molecule has 0 aliphatic carbocycles. The molecule has 28 heavy (non-hydrogen) atoms. The van der Waals surface area contributed by atoms with Crippen molar-refractivity contribution in [3.8, 4) is 11.5 Å². The van der Waals surface area contributed by atoms with Gasteiger partial charge in [0.05, 0.1) is 38.2 Å². The van der Waals surface area contributed by atoms with E-state index in [1.165, 1.54) is 38.5 Å². The van der Waals surface area contributed by atoms with Gasteiger partial charge < -0.3 is 18.9 Å². The van der Waals surface area contributed by atoms with Gasteiger partial charge >= 0.3 is 23.9 Å². The fraction of sp³-hybridized carbons (Fsp3) is 0.200. The number of benzene rings is 2. The quantitative estimate of drug-likeness (QED) is 0.528. The topological polar surface area (TPSA) is 105 Å². The normalized spacial score (nSPS) is 9.93. The van der Waals surface area contributed by atoms with Crippen molar-refractivity contribution in [1.29, 1.82) is 0 Å². The fourth-order valence-electron chi connectivity index (χ4n) is 2.09. The zero-order chi connectivity index (χ0) is 20.5. The van der Waals surface area contributed by atoms with Crippen LogP contribution in [-0.2, 0) is 19.1 Å². The molecule has 0 heterocycles. The lowest BCUT2D eigenvalue weighted by Crippen LogP contribution is -2.16. The Bertz CT molecular complexity index is 779. The summed E-state index contributed by atoms with van der Waals surface area (Å²) in [5.41, 5.74) is 0.317. The van der Waals surface area contributed by atoms with E-state index >= 15 is 0 Å². The van der Waals surface area contributed by atoms with Gasteiger partial charge in [0.25, 0.3) is 0 Å². The van der Waals surface area contributed by atoms with Gasteiger partial charge in [-0.3, -0.25) is 9.59 Å². The Hall–Kier alpha value is -3.68. The molecule has 0 saturated heterocycles. The molecule has 0 atom stereocenters. The third-order valence-corrected chi connectivity index (χ3v) is 3.60. The first-order chi connectivity index (χ1) is 13.4. The predicted octanol–water partition coefficient (Wildman–Crippen LogP) is 2.55. The van der Waals surface area contributed by atoms with Crippen molar-refractivity contribution in [2.75, 3.05) is 14.2 Å². The lowest BCUT2D eigenvalue weighted by atomic mass is 10.2. The third-order valence-electron chi connectivity index (χ3n) is 3.60. The van der Waals surface area contributed by atoms with Crippen molar-refractivity contribution in [3.63, 3.8) is 0 Å². The highest BCUT2D eigenvalue weighted by atomic mass is 16.6. The molecule has 146 valence electrons. The van der Waals surface area contributed by atoms with Crippen LogP contribution >= 0.6 is 0 Å². The second-order valence-electron chi connectivity index (χ2n) is 5.48. The minimum atomic E-state index is -0.908. The van der Waals surface area contributed by atoms with Gasteiger partial charge in [0.2, 0.25) is 0 Å². The van der Waals surface area contributed by atoms with Crippen LogP contribution in [0.2, 0.25) is 0 Å². The smallest absolute Gasteiger partial charge is 0.345 e. The number of carbonyl (C=O) groups is 4. The molecule has 0 N–H and O–H groups in total. The van der Waals surface area contributed by atoms with Crippen molar-refractivity contribution >= 4 is 23.9 Å². The van der Waals surface area contributed by atoms with Crippen LogP contribution in [0.25, 0.3) is 0 Å². The summed E-state index contributed by atoms with van der Waals surface area (Å²) in [6, 6.07) is 11.9. The Labute approximate surface area is 161 Å². The van der Waals surface area contributed by atoms with Gasteiger partial charge in [-0.25, -0.2) is 9.59 Å². The van der Waals surface area contributed by atoms with Gasteiger partial charge in [-0.1, -0.05) is 0 Å². The Kier molecular flexibility index (Phi) is 7.27. The molecule has 8 heteroatoms. The molecule has 2 aromatic rings. The number of methoxy groups -OCH3 is 2. The maximum atomic E-state index is 11.9. The largest absolute Gasteiger partial charge is 0.497 e. The molecule has 0 amide bonds. The summed E-state index contributed by atoms with van der Waals surface area (Å²) in [7, 11) is 2.96. The summed E-state index contributed by atoms with van der Waals surface area (Å²) in [6.07, 6.45) is -0.812. The van der Waals surface area contributed by atoms with Crippen LogP contribution in [-0.4, -0.2) is 38.1 Å². The average molecular weight is 386 g/mol. The Morgan fingerprint density at radius 1 is 0.607 bits per heavy atom. The molecule has 0 saturated carbocycles.